The summed E-state index contributed by atoms with van der Waals surface area (Å²) in [4.78, 5) is 12.1. The zero-order valence-corrected chi connectivity index (χ0v) is 10.9. The molecule has 2 rings (SSSR count). The second-order valence-corrected chi connectivity index (χ2v) is 4.98. The normalized spacial score (nSPS) is 23.9. The number of carbonyl (C=O) groups is 1. The van der Waals surface area contributed by atoms with Gasteiger partial charge in [0, 0.05) is 6.04 Å². The number of rotatable bonds is 3. The fourth-order valence-electron chi connectivity index (χ4n) is 2.39. The Morgan fingerprint density at radius 1 is 1.39 bits per heavy atom. The molecule has 3 atom stereocenters. The molecular weight excluding hydrogens is 224 g/mol. The first-order valence-electron chi connectivity index (χ1n) is 6.37. The standard InChI is InChI=1S/C15H20N2O/c1-10-5-3-4-6-14(10)11(2)17-15(18)12-7-8-13(16)9-12/h3-8,11-13H,9,16H2,1-2H3,(H,17,18). The molecule has 1 aromatic rings. The molecule has 1 aliphatic rings. The number of carbonyl (C=O) groups excluding carboxylic acids is 1. The average Bonchev–Trinajstić information content (AvgIpc) is 2.76. The third-order valence-corrected chi connectivity index (χ3v) is 3.47. The highest BCUT2D eigenvalue weighted by Crippen LogP contribution is 2.20. The quantitative estimate of drug-likeness (QED) is 0.800. The van der Waals surface area contributed by atoms with E-state index in [9.17, 15) is 4.79 Å². The molecule has 0 radical (unpaired) electrons. The van der Waals surface area contributed by atoms with Gasteiger partial charge in [-0.2, -0.15) is 0 Å². The fourth-order valence-corrected chi connectivity index (χ4v) is 2.39. The zero-order chi connectivity index (χ0) is 13.1. The van der Waals surface area contributed by atoms with E-state index in [1.807, 2.05) is 31.2 Å². The Balaban J connectivity index is 2.00. The van der Waals surface area contributed by atoms with E-state index < -0.39 is 0 Å². The maximum absolute atomic E-state index is 12.1. The van der Waals surface area contributed by atoms with E-state index in [-0.39, 0.29) is 23.9 Å². The second-order valence-electron chi connectivity index (χ2n) is 4.98. The summed E-state index contributed by atoms with van der Waals surface area (Å²) >= 11 is 0. The van der Waals surface area contributed by atoms with Crippen molar-refractivity contribution in [1.29, 1.82) is 0 Å². The summed E-state index contributed by atoms with van der Waals surface area (Å²) < 4.78 is 0. The van der Waals surface area contributed by atoms with Crippen LogP contribution in [0, 0.1) is 12.8 Å². The highest BCUT2D eigenvalue weighted by molar-refractivity contribution is 5.81. The van der Waals surface area contributed by atoms with Gasteiger partial charge in [-0.3, -0.25) is 4.79 Å². The molecule has 0 aliphatic heterocycles. The van der Waals surface area contributed by atoms with Crippen LogP contribution in [0.2, 0.25) is 0 Å². The molecule has 0 bridgehead atoms. The molecule has 96 valence electrons. The van der Waals surface area contributed by atoms with Crippen LogP contribution >= 0.6 is 0 Å². The molecule has 1 aliphatic carbocycles. The van der Waals surface area contributed by atoms with Crippen LogP contribution < -0.4 is 11.1 Å². The van der Waals surface area contributed by atoms with E-state index in [0.29, 0.717) is 6.42 Å². The monoisotopic (exact) mass is 244 g/mol. The van der Waals surface area contributed by atoms with Crippen molar-refractivity contribution in [2.45, 2.75) is 32.4 Å². The molecule has 0 saturated heterocycles. The first-order valence-corrected chi connectivity index (χ1v) is 6.37. The maximum Gasteiger partial charge on any atom is 0.227 e. The highest BCUT2D eigenvalue weighted by Gasteiger charge is 2.24. The molecule has 3 heteroatoms. The topological polar surface area (TPSA) is 55.1 Å². The number of amides is 1. The van der Waals surface area contributed by atoms with Crippen molar-refractivity contribution in [2.75, 3.05) is 0 Å². The summed E-state index contributed by atoms with van der Waals surface area (Å²) in [6, 6.07) is 8.17. The third kappa shape index (κ3) is 2.79. The van der Waals surface area contributed by atoms with Gasteiger partial charge in [0.2, 0.25) is 5.91 Å². The SMILES string of the molecule is Cc1ccccc1C(C)NC(=O)C1C=CC(N)C1. The molecule has 0 spiro atoms. The molecule has 3 N–H and O–H groups in total. The third-order valence-electron chi connectivity index (χ3n) is 3.47. The van der Waals surface area contributed by atoms with Crippen LogP contribution in [-0.4, -0.2) is 11.9 Å². The number of hydrogen-bond acceptors (Lipinski definition) is 2. The Kier molecular flexibility index (Phi) is 3.82. The number of nitrogens with two attached hydrogens (primary N) is 1. The van der Waals surface area contributed by atoms with Gasteiger partial charge in [-0.25, -0.2) is 0 Å². The van der Waals surface area contributed by atoms with Crippen molar-refractivity contribution in [1.82, 2.24) is 5.32 Å². The largest absolute Gasteiger partial charge is 0.349 e. The molecule has 1 aromatic carbocycles. The van der Waals surface area contributed by atoms with Gasteiger partial charge in [-0.1, -0.05) is 36.4 Å². The summed E-state index contributed by atoms with van der Waals surface area (Å²) in [5.74, 6) is -0.0126. The molecule has 3 nitrogen and oxygen atoms in total. The minimum Gasteiger partial charge on any atom is -0.349 e. The highest BCUT2D eigenvalue weighted by atomic mass is 16.1. The number of aryl methyl sites for hydroxylation is 1. The first kappa shape index (κ1) is 12.8. The summed E-state index contributed by atoms with van der Waals surface area (Å²) in [6.45, 7) is 4.07. The zero-order valence-electron chi connectivity index (χ0n) is 10.9. The van der Waals surface area contributed by atoms with E-state index in [2.05, 4.69) is 24.4 Å². The number of nitrogens with one attached hydrogen (secondary N) is 1. The van der Waals surface area contributed by atoms with E-state index in [1.54, 1.807) is 0 Å². The number of hydrogen-bond donors (Lipinski definition) is 2. The molecule has 18 heavy (non-hydrogen) atoms. The van der Waals surface area contributed by atoms with Crippen LogP contribution in [-0.2, 0) is 4.79 Å². The predicted octanol–water partition coefficient (Wildman–Crippen LogP) is 2.08. The van der Waals surface area contributed by atoms with Gasteiger partial charge in [0.05, 0.1) is 12.0 Å². The number of benzene rings is 1. The molecular formula is C15H20N2O. The Morgan fingerprint density at radius 2 is 2.11 bits per heavy atom. The molecule has 3 unspecified atom stereocenters. The van der Waals surface area contributed by atoms with Crippen molar-refractivity contribution >= 4 is 5.91 Å². The van der Waals surface area contributed by atoms with E-state index in [0.717, 1.165) is 5.56 Å². The Bertz CT molecular complexity index is 467. The Hall–Kier alpha value is -1.61. The van der Waals surface area contributed by atoms with Gasteiger partial charge in [0.25, 0.3) is 0 Å². The lowest BCUT2D eigenvalue weighted by atomic mass is 10.0. The molecule has 0 saturated carbocycles. The second kappa shape index (κ2) is 5.36. The van der Waals surface area contributed by atoms with Crippen LogP contribution in [0.1, 0.15) is 30.5 Å². The van der Waals surface area contributed by atoms with Gasteiger partial charge in [0.1, 0.15) is 0 Å². The fraction of sp³-hybridized carbons (Fsp3) is 0.400. The molecule has 0 heterocycles. The van der Waals surface area contributed by atoms with E-state index in [1.165, 1.54) is 5.56 Å². The molecule has 0 aromatic heterocycles. The predicted molar refractivity (Wildman–Crippen MR) is 73.0 cm³/mol. The van der Waals surface area contributed by atoms with E-state index in [4.69, 9.17) is 5.73 Å². The Labute approximate surface area is 108 Å². The van der Waals surface area contributed by atoms with Gasteiger partial charge in [0.15, 0.2) is 0 Å². The van der Waals surface area contributed by atoms with Gasteiger partial charge >= 0.3 is 0 Å². The maximum atomic E-state index is 12.1. The Morgan fingerprint density at radius 3 is 2.72 bits per heavy atom. The van der Waals surface area contributed by atoms with Crippen LogP contribution in [0.15, 0.2) is 36.4 Å². The average molecular weight is 244 g/mol. The lowest BCUT2D eigenvalue weighted by Gasteiger charge is -2.18. The minimum atomic E-state index is -0.0773. The minimum absolute atomic E-state index is 0.0227. The summed E-state index contributed by atoms with van der Waals surface area (Å²) in [5, 5.41) is 3.05. The summed E-state index contributed by atoms with van der Waals surface area (Å²) in [7, 11) is 0. The van der Waals surface area contributed by atoms with Crippen LogP contribution in [0.4, 0.5) is 0 Å². The van der Waals surface area contributed by atoms with Gasteiger partial charge < -0.3 is 11.1 Å². The van der Waals surface area contributed by atoms with Crippen molar-refractivity contribution in [3.63, 3.8) is 0 Å². The van der Waals surface area contributed by atoms with Crippen molar-refractivity contribution in [2.24, 2.45) is 11.7 Å². The summed E-state index contributed by atoms with van der Waals surface area (Å²) in [5.41, 5.74) is 8.12. The van der Waals surface area contributed by atoms with Crippen LogP contribution in [0.3, 0.4) is 0 Å². The summed E-state index contributed by atoms with van der Waals surface area (Å²) in [6.07, 6.45) is 4.53. The van der Waals surface area contributed by atoms with Crippen LogP contribution in [0.5, 0.6) is 0 Å². The van der Waals surface area contributed by atoms with Gasteiger partial charge in [-0.05, 0) is 31.4 Å². The molecule has 1 amide bonds. The lowest BCUT2D eigenvalue weighted by Crippen LogP contribution is -2.33. The van der Waals surface area contributed by atoms with Crippen molar-refractivity contribution in [3.05, 3.63) is 47.5 Å². The van der Waals surface area contributed by atoms with Crippen molar-refractivity contribution < 1.29 is 4.79 Å². The molecule has 0 fully saturated rings. The smallest absolute Gasteiger partial charge is 0.227 e. The van der Waals surface area contributed by atoms with Crippen LogP contribution in [0.25, 0.3) is 0 Å². The first-order chi connectivity index (χ1) is 8.58. The van der Waals surface area contributed by atoms with Crippen molar-refractivity contribution in [3.8, 4) is 0 Å². The van der Waals surface area contributed by atoms with Gasteiger partial charge in [-0.15, -0.1) is 0 Å². The van der Waals surface area contributed by atoms with E-state index >= 15 is 0 Å². The lowest BCUT2D eigenvalue weighted by molar-refractivity contribution is -0.124.